The number of amides is 3. The molecular weight excluding hydrogens is 256 g/mol. The molecule has 2 N–H and O–H groups in total. The molecule has 2 heterocycles. The number of nitrogens with one attached hydrogen (secondary N) is 2. The fourth-order valence-electron chi connectivity index (χ4n) is 3.17. The monoisotopic (exact) mass is 280 g/mol. The number of carbonyl (C=O) groups is 2. The lowest BCUT2D eigenvalue weighted by atomic mass is 9.93. The van der Waals surface area contributed by atoms with Gasteiger partial charge in [-0.1, -0.05) is 0 Å². The average molecular weight is 280 g/mol. The lowest BCUT2D eigenvalue weighted by Gasteiger charge is -2.34. The van der Waals surface area contributed by atoms with Crippen molar-refractivity contribution in [1.29, 1.82) is 0 Å². The largest absolute Gasteiger partial charge is 0.338 e. The maximum Gasteiger partial charge on any atom is 0.318 e. The Bertz CT molecular complexity index is 377. The molecular formula is C14H24N4O2. The van der Waals surface area contributed by atoms with Gasteiger partial charge in [-0.15, -0.1) is 0 Å². The van der Waals surface area contributed by atoms with E-state index in [1.54, 1.807) is 4.90 Å². The molecule has 3 aliphatic rings. The van der Waals surface area contributed by atoms with Crippen molar-refractivity contribution in [3.05, 3.63) is 0 Å². The predicted molar refractivity (Wildman–Crippen MR) is 75.3 cm³/mol. The van der Waals surface area contributed by atoms with Gasteiger partial charge in [0.05, 0.1) is 0 Å². The first kappa shape index (κ1) is 13.7. The second kappa shape index (κ2) is 5.99. The number of hydrogen-bond acceptors (Lipinski definition) is 3. The second-order valence-electron chi connectivity index (χ2n) is 6.00. The van der Waals surface area contributed by atoms with Crippen LogP contribution in [0.5, 0.6) is 0 Å². The van der Waals surface area contributed by atoms with Crippen molar-refractivity contribution in [2.45, 2.75) is 44.2 Å². The molecule has 1 unspecified atom stereocenters. The van der Waals surface area contributed by atoms with Gasteiger partial charge in [-0.05, 0) is 32.1 Å². The smallest absolute Gasteiger partial charge is 0.318 e. The van der Waals surface area contributed by atoms with Gasteiger partial charge in [0, 0.05) is 38.8 Å². The van der Waals surface area contributed by atoms with E-state index in [0.717, 1.165) is 51.9 Å². The molecule has 1 atom stereocenters. The number of hydrogen-bond donors (Lipinski definition) is 2. The van der Waals surface area contributed by atoms with Gasteiger partial charge in [-0.25, -0.2) is 4.79 Å². The highest BCUT2D eigenvalue weighted by Gasteiger charge is 2.37. The van der Waals surface area contributed by atoms with Crippen LogP contribution in [0, 0.1) is 0 Å². The number of carbonyl (C=O) groups excluding carboxylic acids is 2. The Morgan fingerprint density at radius 3 is 2.40 bits per heavy atom. The van der Waals surface area contributed by atoms with E-state index < -0.39 is 0 Å². The first-order valence-corrected chi connectivity index (χ1v) is 7.82. The summed E-state index contributed by atoms with van der Waals surface area (Å²) in [6.45, 7) is 3.93. The molecule has 3 fully saturated rings. The highest BCUT2D eigenvalue weighted by molar-refractivity contribution is 5.88. The summed E-state index contributed by atoms with van der Waals surface area (Å²) in [5, 5.41) is 6.30. The van der Waals surface area contributed by atoms with E-state index in [0.29, 0.717) is 12.6 Å². The van der Waals surface area contributed by atoms with Gasteiger partial charge in [-0.3, -0.25) is 4.79 Å². The minimum absolute atomic E-state index is 0.0410. The van der Waals surface area contributed by atoms with E-state index in [9.17, 15) is 9.59 Å². The minimum Gasteiger partial charge on any atom is -0.338 e. The van der Waals surface area contributed by atoms with Crippen LogP contribution >= 0.6 is 0 Å². The Labute approximate surface area is 119 Å². The molecule has 0 radical (unpaired) electrons. The summed E-state index contributed by atoms with van der Waals surface area (Å²) in [6.07, 6.45) is 5.10. The van der Waals surface area contributed by atoms with Crippen molar-refractivity contribution in [3.8, 4) is 0 Å². The van der Waals surface area contributed by atoms with Crippen molar-refractivity contribution < 1.29 is 9.59 Å². The first-order valence-electron chi connectivity index (χ1n) is 7.82. The van der Waals surface area contributed by atoms with Crippen molar-refractivity contribution in [2.24, 2.45) is 0 Å². The van der Waals surface area contributed by atoms with Crippen LogP contribution < -0.4 is 10.6 Å². The van der Waals surface area contributed by atoms with Crippen LogP contribution in [0.2, 0.25) is 0 Å². The molecule has 0 aromatic carbocycles. The second-order valence-corrected chi connectivity index (χ2v) is 6.00. The molecule has 0 aromatic heterocycles. The van der Waals surface area contributed by atoms with Gasteiger partial charge in [0.1, 0.15) is 6.04 Å². The molecule has 112 valence electrons. The van der Waals surface area contributed by atoms with Crippen LogP contribution in [0.4, 0.5) is 4.79 Å². The molecule has 1 saturated carbocycles. The molecule has 0 spiro atoms. The summed E-state index contributed by atoms with van der Waals surface area (Å²) in [6, 6.07) is 0.0481. The van der Waals surface area contributed by atoms with Gasteiger partial charge in [0.15, 0.2) is 0 Å². The lowest BCUT2D eigenvalue weighted by molar-refractivity contribution is -0.135. The molecule has 0 bridgehead atoms. The third-order valence-electron chi connectivity index (χ3n) is 4.66. The highest BCUT2D eigenvalue weighted by atomic mass is 16.2. The van der Waals surface area contributed by atoms with E-state index in [1.807, 2.05) is 4.90 Å². The Hall–Kier alpha value is -1.30. The number of rotatable bonds is 2. The van der Waals surface area contributed by atoms with E-state index >= 15 is 0 Å². The number of nitrogens with zero attached hydrogens (tertiary/aromatic N) is 2. The summed E-state index contributed by atoms with van der Waals surface area (Å²) < 4.78 is 0. The summed E-state index contributed by atoms with van der Waals surface area (Å²) in [7, 11) is 0. The summed E-state index contributed by atoms with van der Waals surface area (Å²) in [5.41, 5.74) is 0. The topological polar surface area (TPSA) is 64.7 Å². The van der Waals surface area contributed by atoms with Crippen LogP contribution in [0.3, 0.4) is 0 Å². The van der Waals surface area contributed by atoms with E-state index in [-0.39, 0.29) is 18.0 Å². The first-order chi connectivity index (χ1) is 9.75. The summed E-state index contributed by atoms with van der Waals surface area (Å²) in [4.78, 5) is 28.5. The Kier molecular flexibility index (Phi) is 4.10. The van der Waals surface area contributed by atoms with E-state index in [1.165, 1.54) is 6.42 Å². The highest BCUT2D eigenvalue weighted by Crippen LogP contribution is 2.22. The molecule has 2 aliphatic heterocycles. The molecule has 2 saturated heterocycles. The van der Waals surface area contributed by atoms with Crippen LogP contribution in [0.15, 0.2) is 0 Å². The third kappa shape index (κ3) is 2.75. The molecule has 6 heteroatoms. The Morgan fingerprint density at radius 1 is 1.00 bits per heavy atom. The van der Waals surface area contributed by atoms with Gasteiger partial charge < -0.3 is 20.4 Å². The quantitative estimate of drug-likeness (QED) is 0.756. The molecule has 20 heavy (non-hydrogen) atoms. The van der Waals surface area contributed by atoms with Crippen molar-refractivity contribution in [3.63, 3.8) is 0 Å². The van der Waals surface area contributed by atoms with E-state index in [2.05, 4.69) is 10.6 Å². The SMILES string of the molecule is O=C(C1CCCN1C(=O)NC1CCC1)N1CCNCC1. The summed E-state index contributed by atoms with van der Waals surface area (Å²) >= 11 is 0. The van der Waals surface area contributed by atoms with Crippen LogP contribution in [-0.4, -0.2) is 66.5 Å². The minimum atomic E-state index is -0.242. The maximum absolute atomic E-state index is 12.6. The molecule has 0 aromatic rings. The lowest BCUT2D eigenvalue weighted by Crippen LogP contribution is -2.56. The van der Waals surface area contributed by atoms with E-state index in [4.69, 9.17) is 0 Å². The zero-order chi connectivity index (χ0) is 13.9. The normalized spacial score (nSPS) is 27.3. The molecule has 3 rings (SSSR count). The third-order valence-corrected chi connectivity index (χ3v) is 4.66. The predicted octanol–water partition coefficient (Wildman–Crippen LogP) is 0.145. The zero-order valence-corrected chi connectivity index (χ0v) is 11.9. The van der Waals surface area contributed by atoms with Gasteiger partial charge in [0.2, 0.25) is 5.91 Å². The summed E-state index contributed by atoms with van der Waals surface area (Å²) in [5.74, 6) is 0.132. The average Bonchev–Trinajstić information content (AvgIpc) is 2.92. The Balaban J connectivity index is 1.58. The van der Waals surface area contributed by atoms with Crippen molar-refractivity contribution in [1.82, 2.24) is 20.4 Å². The fourth-order valence-corrected chi connectivity index (χ4v) is 3.17. The van der Waals surface area contributed by atoms with Gasteiger partial charge in [-0.2, -0.15) is 0 Å². The number of piperazine rings is 1. The fraction of sp³-hybridized carbons (Fsp3) is 0.857. The number of urea groups is 1. The van der Waals surface area contributed by atoms with Crippen molar-refractivity contribution in [2.75, 3.05) is 32.7 Å². The molecule has 3 amide bonds. The van der Waals surface area contributed by atoms with Crippen LogP contribution in [-0.2, 0) is 4.79 Å². The zero-order valence-electron chi connectivity index (χ0n) is 11.9. The Morgan fingerprint density at radius 2 is 1.75 bits per heavy atom. The van der Waals surface area contributed by atoms with Crippen LogP contribution in [0.1, 0.15) is 32.1 Å². The van der Waals surface area contributed by atoms with Gasteiger partial charge in [0.25, 0.3) is 0 Å². The molecule has 1 aliphatic carbocycles. The standard InChI is InChI=1S/C14H24N4O2/c19-13(17-9-6-15-7-10-17)12-5-2-8-18(12)14(20)16-11-3-1-4-11/h11-12,15H,1-10H2,(H,16,20). The van der Waals surface area contributed by atoms with Crippen LogP contribution in [0.25, 0.3) is 0 Å². The molecule has 6 nitrogen and oxygen atoms in total. The van der Waals surface area contributed by atoms with Crippen molar-refractivity contribution >= 4 is 11.9 Å². The maximum atomic E-state index is 12.6. The van der Waals surface area contributed by atoms with Gasteiger partial charge >= 0.3 is 6.03 Å². The number of likely N-dealkylation sites (tertiary alicyclic amines) is 1.